The highest BCUT2D eigenvalue weighted by Gasteiger charge is 2.32. The van der Waals surface area contributed by atoms with E-state index < -0.39 is 0 Å². The Labute approximate surface area is 124 Å². The van der Waals surface area contributed by atoms with E-state index in [1.165, 1.54) is 10.4 Å². The van der Waals surface area contributed by atoms with E-state index in [4.69, 9.17) is 5.73 Å². The highest BCUT2D eigenvalue weighted by Crippen LogP contribution is 2.28. The molecule has 2 amide bonds. The van der Waals surface area contributed by atoms with Gasteiger partial charge in [0.25, 0.3) is 5.91 Å². The number of nitrogens with two attached hydrogens (primary N) is 1. The highest BCUT2D eigenvalue weighted by atomic mass is 32.1. The standard InChI is InChI=1S/C15H22N2O2S/c1-4-11-7-13(20-10(11)3)15(19)17-8-12(14(16)18)6-5-9(17)2/h7,9,12H,4-6,8H2,1-3H3,(H2,16,18)/t9-,12-/m0/s1. The van der Waals surface area contributed by atoms with Gasteiger partial charge in [-0.3, -0.25) is 9.59 Å². The van der Waals surface area contributed by atoms with Crippen LogP contribution in [0.15, 0.2) is 6.07 Å². The molecule has 0 bridgehead atoms. The molecule has 1 saturated heterocycles. The van der Waals surface area contributed by atoms with Crippen LogP contribution in [0.2, 0.25) is 0 Å². The first kappa shape index (κ1) is 15.0. The second-order valence-corrected chi connectivity index (χ2v) is 6.79. The third kappa shape index (κ3) is 2.87. The van der Waals surface area contributed by atoms with Crippen molar-refractivity contribution in [2.75, 3.05) is 6.54 Å². The van der Waals surface area contributed by atoms with E-state index in [9.17, 15) is 9.59 Å². The molecule has 5 heteroatoms. The van der Waals surface area contributed by atoms with Gasteiger partial charge in [-0.2, -0.15) is 0 Å². The number of nitrogens with zero attached hydrogens (tertiary/aromatic N) is 1. The summed E-state index contributed by atoms with van der Waals surface area (Å²) in [7, 11) is 0. The Morgan fingerprint density at radius 2 is 2.15 bits per heavy atom. The van der Waals surface area contributed by atoms with E-state index in [0.717, 1.165) is 24.1 Å². The van der Waals surface area contributed by atoms with Gasteiger partial charge in [0.15, 0.2) is 0 Å². The molecule has 0 aliphatic carbocycles. The number of amides is 2. The summed E-state index contributed by atoms with van der Waals surface area (Å²) >= 11 is 1.54. The molecule has 1 aliphatic heterocycles. The van der Waals surface area contributed by atoms with Crippen LogP contribution in [-0.2, 0) is 11.2 Å². The van der Waals surface area contributed by atoms with Crippen LogP contribution in [0.4, 0.5) is 0 Å². The normalized spacial score (nSPS) is 22.9. The molecule has 1 aliphatic rings. The summed E-state index contributed by atoms with van der Waals surface area (Å²) in [5.74, 6) is -0.468. The molecule has 0 saturated carbocycles. The van der Waals surface area contributed by atoms with Gasteiger partial charge in [0.2, 0.25) is 5.91 Å². The summed E-state index contributed by atoms with van der Waals surface area (Å²) in [6, 6.07) is 2.16. The quantitative estimate of drug-likeness (QED) is 0.930. The topological polar surface area (TPSA) is 63.4 Å². The number of primary amides is 1. The minimum absolute atomic E-state index is 0.0382. The molecule has 1 fully saturated rings. The molecule has 1 aromatic rings. The minimum atomic E-state index is -0.300. The number of rotatable bonds is 3. The highest BCUT2D eigenvalue weighted by molar-refractivity contribution is 7.14. The molecule has 2 heterocycles. The second kappa shape index (κ2) is 5.95. The van der Waals surface area contributed by atoms with Crippen molar-refractivity contribution in [1.29, 1.82) is 0 Å². The zero-order chi connectivity index (χ0) is 14.9. The summed E-state index contributed by atoms with van der Waals surface area (Å²) < 4.78 is 0. The van der Waals surface area contributed by atoms with Gasteiger partial charge in [-0.1, -0.05) is 6.92 Å². The van der Waals surface area contributed by atoms with Crippen LogP contribution in [0.25, 0.3) is 0 Å². The van der Waals surface area contributed by atoms with Crippen molar-refractivity contribution >= 4 is 23.2 Å². The summed E-state index contributed by atoms with van der Waals surface area (Å²) in [5, 5.41) is 0. The van der Waals surface area contributed by atoms with Crippen LogP contribution in [0.5, 0.6) is 0 Å². The lowest BCUT2D eigenvalue weighted by atomic mass is 9.93. The fourth-order valence-corrected chi connectivity index (χ4v) is 3.81. The number of likely N-dealkylation sites (tertiary alicyclic amines) is 1. The lowest BCUT2D eigenvalue weighted by molar-refractivity contribution is -0.123. The van der Waals surface area contributed by atoms with Gasteiger partial charge in [0.1, 0.15) is 0 Å². The number of hydrogen-bond acceptors (Lipinski definition) is 3. The summed E-state index contributed by atoms with van der Waals surface area (Å²) in [6.45, 7) is 6.63. The van der Waals surface area contributed by atoms with Crippen LogP contribution in [0.1, 0.15) is 46.8 Å². The predicted octanol–water partition coefficient (Wildman–Crippen LogP) is 2.34. The lowest BCUT2D eigenvalue weighted by Crippen LogP contribution is -2.48. The lowest BCUT2D eigenvalue weighted by Gasteiger charge is -2.36. The van der Waals surface area contributed by atoms with E-state index >= 15 is 0 Å². The molecule has 0 unspecified atom stereocenters. The summed E-state index contributed by atoms with van der Waals surface area (Å²) in [4.78, 5) is 27.8. The fraction of sp³-hybridized carbons (Fsp3) is 0.600. The predicted molar refractivity (Wildman–Crippen MR) is 80.9 cm³/mol. The average Bonchev–Trinajstić information content (AvgIpc) is 2.79. The third-order valence-electron chi connectivity index (χ3n) is 4.16. The van der Waals surface area contributed by atoms with Crippen molar-refractivity contribution < 1.29 is 9.59 Å². The van der Waals surface area contributed by atoms with Crippen LogP contribution in [0, 0.1) is 12.8 Å². The zero-order valence-electron chi connectivity index (χ0n) is 12.3. The maximum absolute atomic E-state index is 12.6. The first-order chi connectivity index (χ1) is 9.43. The molecule has 4 nitrogen and oxygen atoms in total. The maximum Gasteiger partial charge on any atom is 0.264 e. The monoisotopic (exact) mass is 294 g/mol. The Hall–Kier alpha value is -1.36. The molecule has 2 rings (SSSR count). The van der Waals surface area contributed by atoms with E-state index in [1.54, 1.807) is 11.3 Å². The van der Waals surface area contributed by atoms with Gasteiger partial charge < -0.3 is 10.6 Å². The molecule has 0 radical (unpaired) electrons. The molecule has 20 heavy (non-hydrogen) atoms. The van der Waals surface area contributed by atoms with Gasteiger partial charge in [-0.05, 0) is 44.7 Å². The van der Waals surface area contributed by atoms with Gasteiger partial charge in [0.05, 0.1) is 10.8 Å². The Kier molecular flexibility index (Phi) is 4.48. The number of aryl methyl sites for hydroxylation is 2. The molecular weight excluding hydrogens is 272 g/mol. The molecule has 1 aromatic heterocycles. The van der Waals surface area contributed by atoms with E-state index in [-0.39, 0.29) is 23.8 Å². The number of carbonyl (C=O) groups is 2. The Balaban J connectivity index is 2.19. The summed E-state index contributed by atoms with van der Waals surface area (Å²) in [6.07, 6.45) is 2.56. The zero-order valence-corrected chi connectivity index (χ0v) is 13.1. The molecule has 2 atom stereocenters. The molecule has 2 N–H and O–H groups in total. The van der Waals surface area contributed by atoms with Crippen LogP contribution < -0.4 is 5.73 Å². The van der Waals surface area contributed by atoms with Gasteiger partial charge >= 0.3 is 0 Å². The fourth-order valence-electron chi connectivity index (χ4n) is 2.74. The van der Waals surface area contributed by atoms with Crippen molar-refractivity contribution in [1.82, 2.24) is 4.90 Å². The average molecular weight is 294 g/mol. The van der Waals surface area contributed by atoms with Crippen molar-refractivity contribution in [3.8, 4) is 0 Å². The molecule has 110 valence electrons. The van der Waals surface area contributed by atoms with Crippen LogP contribution in [-0.4, -0.2) is 29.3 Å². The van der Waals surface area contributed by atoms with Crippen molar-refractivity contribution in [2.24, 2.45) is 11.7 Å². The molecular formula is C15H22N2O2S. The minimum Gasteiger partial charge on any atom is -0.369 e. The number of thiophene rings is 1. The van der Waals surface area contributed by atoms with Crippen molar-refractivity contribution in [2.45, 2.75) is 46.1 Å². The number of hydrogen-bond donors (Lipinski definition) is 1. The van der Waals surface area contributed by atoms with Gasteiger partial charge in [0, 0.05) is 17.5 Å². The summed E-state index contributed by atoms with van der Waals surface area (Å²) in [5.41, 5.74) is 6.62. The number of piperidine rings is 1. The van der Waals surface area contributed by atoms with Gasteiger partial charge in [-0.25, -0.2) is 0 Å². The molecule has 0 spiro atoms. The van der Waals surface area contributed by atoms with Crippen molar-refractivity contribution in [3.05, 3.63) is 21.4 Å². The van der Waals surface area contributed by atoms with E-state index in [2.05, 4.69) is 6.92 Å². The first-order valence-corrected chi connectivity index (χ1v) is 7.95. The van der Waals surface area contributed by atoms with Crippen LogP contribution in [0.3, 0.4) is 0 Å². The Morgan fingerprint density at radius 1 is 1.45 bits per heavy atom. The Morgan fingerprint density at radius 3 is 2.70 bits per heavy atom. The molecule has 0 aromatic carbocycles. The maximum atomic E-state index is 12.6. The second-order valence-electron chi connectivity index (χ2n) is 5.53. The Bertz CT molecular complexity index is 524. The first-order valence-electron chi connectivity index (χ1n) is 7.13. The van der Waals surface area contributed by atoms with Gasteiger partial charge in [-0.15, -0.1) is 11.3 Å². The third-order valence-corrected chi connectivity index (χ3v) is 5.24. The largest absolute Gasteiger partial charge is 0.369 e. The van der Waals surface area contributed by atoms with E-state index in [1.807, 2.05) is 24.8 Å². The van der Waals surface area contributed by atoms with Crippen molar-refractivity contribution in [3.63, 3.8) is 0 Å². The number of carbonyl (C=O) groups excluding carboxylic acids is 2. The van der Waals surface area contributed by atoms with E-state index in [0.29, 0.717) is 6.54 Å². The van der Waals surface area contributed by atoms with Crippen LogP contribution >= 0.6 is 11.3 Å². The SMILES string of the molecule is CCc1cc(C(=O)N2C[C@@H](C(N)=O)CC[C@@H]2C)sc1C. The smallest absolute Gasteiger partial charge is 0.264 e.